The van der Waals surface area contributed by atoms with Gasteiger partial charge in [-0.05, 0) is 53.5 Å². The van der Waals surface area contributed by atoms with Crippen molar-refractivity contribution in [2.75, 3.05) is 0 Å². The molecule has 3 aliphatic rings. The van der Waals surface area contributed by atoms with Crippen molar-refractivity contribution in [3.63, 3.8) is 0 Å². The largest absolute Gasteiger partial charge is 0.389 e. The zero-order chi connectivity index (χ0) is 17.0. The topological polar surface area (TPSA) is 41.1 Å². The molecule has 0 amide bonds. The van der Waals surface area contributed by atoms with E-state index in [2.05, 4.69) is 40.9 Å². The molecular weight excluding hydrogens is 307 g/mol. The lowest BCUT2D eigenvalue weighted by Gasteiger charge is -2.27. The fourth-order valence-corrected chi connectivity index (χ4v) is 4.60. The van der Waals surface area contributed by atoms with Crippen LogP contribution in [0.5, 0.6) is 0 Å². The van der Waals surface area contributed by atoms with Crippen LogP contribution in [-0.2, 0) is 25.8 Å². The normalized spacial score (nSPS) is 20.4. The second-order valence-corrected chi connectivity index (χ2v) is 7.49. The lowest BCUT2D eigenvalue weighted by atomic mass is 9.39. The van der Waals surface area contributed by atoms with Crippen LogP contribution >= 0.6 is 0 Å². The summed E-state index contributed by atoms with van der Waals surface area (Å²) in [6.07, 6.45) is 1.95. The second kappa shape index (κ2) is 5.60. The minimum absolute atomic E-state index is 0.177. The van der Waals surface area contributed by atoms with Gasteiger partial charge in [0.1, 0.15) is 0 Å². The highest BCUT2D eigenvalue weighted by molar-refractivity contribution is 6.68. The molecule has 2 aromatic carbocycles. The predicted molar refractivity (Wildman–Crippen MR) is 101 cm³/mol. The van der Waals surface area contributed by atoms with Gasteiger partial charge in [-0.3, -0.25) is 4.79 Å². The summed E-state index contributed by atoms with van der Waals surface area (Å²) in [6.45, 7) is 4.09. The average Bonchev–Trinajstić information content (AvgIpc) is 3.24. The number of rotatable bonds is 2. The van der Waals surface area contributed by atoms with E-state index in [1.165, 1.54) is 33.5 Å². The van der Waals surface area contributed by atoms with Gasteiger partial charge in [0.15, 0.2) is 12.5 Å². The van der Waals surface area contributed by atoms with Gasteiger partial charge in [-0.25, -0.2) is 0 Å². The molecule has 0 saturated carbocycles. The summed E-state index contributed by atoms with van der Waals surface area (Å²) in [6, 6.07) is 13.0. The third kappa shape index (κ3) is 2.44. The Hall–Kier alpha value is -2.33. The minimum Gasteiger partial charge on any atom is -0.389 e. The quantitative estimate of drug-likeness (QED) is 0.658. The van der Waals surface area contributed by atoms with Gasteiger partial charge in [-0.1, -0.05) is 36.3 Å². The number of benzene rings is 2. The Balaban J connectivity index is 1.46. The molecule has 0 fully saturated rings. The van der Waals surface area contributed by atoms with Crippen molar-refractivity contribution in [2.24, 2.45) is 0 Å². The Labute approximate surface area is 148 Å². The number of fused-ring (bicyclic) bond motifs is 3. The molecule has 5 rings (SSSR count). The van der Waals surface area contributed by atoms with Crippen LogP contribution in [-0.4, -0.2) is 18.4 Å². The van der Waals surface area contributed by atoms with Crippen molar-refractivity contribution >= 4 is 18.2 Å². The Kier molecular flexibility index (Phi) is 3.35. The molecule has 3 heterocycles. The zero-order valence-corrected chi connectivity index (χ0v) is 14.4. The first-order valence-corrected chi connectivity index (χ1v) is 9.12. The van der Waals surface area contributed by atoms with E-state index >= 15 is 0 Å². The Morgan fingerprint density at radius 1 is 1.12 bits per heavy atom. The molecule has 4 heteroatoms. The van der Waals surface area contributed by atoms with Crippen LogP contribution in [0.15, 0.2) is 42.4 Å². The summed E-state index contributed by atoms with van der Waals surface area (Å²) in [5.74, 6) is 3.00. The number of nitrogens with one attached hydrogen (secondary N) is 2. The van der Waals surface area contributed by atoms with E-state index in [4.69, 9.17) is 0 Å². The maximum Gasteiger partial charge on any atom is 0.199 e. The Morgan fingerprint density at radius 3 is 2.88 bits per heavy atom. The van der Waals surface area contributed by atoms with Crippen molar-refractivity contribution < 1.29 is 4.79 Å². The van der Waals surface area contributed by atoms with Gasteiger partial charge in [0.05, 0.1) is 0 Å². The summed E-state index contributed by atoms with van der Waals surface area (Å²) < 4.78 is 0. The average molecular weight is 328 g/mol. The van der Waals surface area contributed by atoms with Gasteiger partial charge in [-0.15, -0.1) is 0 Å². The molecule has 1 unspecified atom stereocenters. The highest BCUT2D eigenvalue weighted by atomic mass is 16.1. The monoisotopic (exact) mass is 328 g/mol. The van der Waals surface area contributed by atoms with Crippen molar-refractivity contribution in [3.8, 4) is 0 Å². The van der Waals surface area contributed by atoms with Crippen molar-refractivity contribution in [1.29, 1.82) is 0 Å². The molecule has 2 aromatic rings. The second-order valence-electron chi connectivity index (χ2n) is 7.49. The minimum atomic E-state index is 0.177. The smallest absolute Gasteiger partial charge is 0.199 e. The summed E-state index contributed by atoms with van der Waals surface area (Å²) in [5.41, 5.74) is 8.86. The van der Waals surface area contributed by atoms with E-state index in [0.29, 0.717) is 12.7 Å². The van der Waals surface area contributed by atoms with Crippen LogP contribution in [0.1, 0.15) is 45.1 Å². The summed E-state index contributed by atoms with van der Waals surface area (Å²) >= 11 is 0. The first-order chi connectivity index (χ1) is 12.2. The van der Waals surface area contributed by atoms with Gasteiger partial charge >= 0.3 is 0 Å². The number of hydrogen-bond donors (Lipinski definition) is 2. The number of hydrogen-bond acceptors (Lipinski definition) is 3. The third-order valence-corrected chi connectivity index (χ3v) is 5.92. The van der Waals surface area contributed by atoms with E-state index in [1.54, 1.807) is 6.92 Å². The molecule has 3 nitrogen and oxygen atoms in total. The van der Waals surface area contributed by atoms with Crippen molar-refractivity contribution in [1.82, 2.24) is 10.6 Å². The molecule has 3 aliphatic heterocycles. The molecule has 0 spiro atoms. The van der Waals surface area contributed by atoms with Gasteiger partial charge < -0.3 is 10.6 Å². The molecule has 124 valence electrons. The van der Waals surface area contributed by atoms with Crippen molar-refractivity contribution in [2.45, 2.75) is 38.7 Å². The molecular formula is C21H21BN2O. The Morgan fingerprint density at radius 2 is 2.00 bits per heavy atom. The predicted octanol–water partition coefficient (Wildman–Crippen LogP) is 2.72. The molecule has 2 N–H and O–H groups in total. The molecule has 0 saturated heterocycles. The van der Waals surface area contributed by atoms with Crippen LogP contribution in [0.25, 0.3) is 5.70 Å². The summed E-state index contributed by atoms with van der Waals surface area (Å²) in [5, 5.41) is 7.16. The van der Waals surface area contributed by atoms with E-state index in [1.807, 2.05) is 12.1 Å². The lowest BCUT2D eigenvalue weighted by Crippen LogP contribution is -2.42. The first-order valence-electron chi connectivity index (χ1n) is 9.12. The fraction of sp³-hybridized carbons (Fsp3) is 0.286. The zero-order valence-electron chi connectivity index (χ0n) is 14.4. The van der Waals surface area contributed by atoms with Crippen LogP contribution in [0.3, 0.4) is 0 Å². The SMILES string of the molecule is CC(=O)c1cccc2c1CB1C=C(c3ccc4c(c3)CNC4)NC1C2. The first kappa shape index (κ1) is 15.0. The fourth-order valence-electron chi connectivity index (χ4n) is 4.60. The van der Waals surface area contributed by atoms with E-state index in [0.717, 1.165) is 31.4 Å². The molecule has 25 heavy (non-hydrogen) atoms. The third-order valence-electron chi connectivity index (χ3n) is 5.92. The van der Waals surface area contributed by atoms with E-state index < -0.39 is 0 Å². The van der Waals surface area contributed by atoms with Gasteiger partial charge in [-0.2, -0.15) is 0 Å². The maximum absolute atomic E-state index is 12.0. The highest BCUT2D eigenvalue weighted by Crippen LogP contribution is 2.31. The molecule has 1 atom stereocenters. The number of ketones is 1. The number of carbonyl (C=O) groups is 1. The molecule has 0 aliphatic carbocycles. The standard InChI is InChI=1S/C21H21BN2O/c1-13(25)18-4-2-3-14-8-21-22(9-19(14)18)10-20(24-21)15-5-6-16-11-23-12-17(16)7-15/h2-7,10,21,23-24H,8-9,11-12H2,1H3. The summed E-state index contributed by atoms with van der Waals surface area (Å²) in [4.78, 5) is 12.0. The van der Waals surface area contributed by atoms with E-state index in [-0.39, 0.29) is 5.78 Å². The molecule has 0 bridgehead atoms. The summed E-state index contributed by atoms with van der Waals surface area (Å²) in [7, 11) is 0. The highest BCUT2D eigenvalue weighted by Gasteiger charge is 2.36. The van der Waals surface area contributed by atoms with E-state index in [9.17, 15) is 4.79 Å². The number of carbonyl (C=O) groups excluding carboxylic acids is 1. The van der Waals surface area contributed by atoms with Crippen LogP contribution in [0.4, 0.5) is 0 Å². The number of Topliss-reactive ketones (excluding diaryl/α,β-unsaturated/α-hetero) is 1. The van der Waals surface area contributed by atoms with Gasteiger partial charge in [0.2, 0.25) is 0 Å². The molecule has 0 aromatic heterocycles. The lowest BCUT2D eigenvalue weighted by molar-refractivity contribution is 0.101. The van der Waals surface area contributed by atoms with Crippen LogP contribution < -0.4 is 10.6 Å². The molecule has 0 radical (unpaired) electrons. The Bertz CT molecular complexity index is 918. The van der Waals surface area contributed by atoms with Crippen LogP contribution in [0.2, 0.25) is 0 Å². The van der Waals surface area contributed by atoms with Crippen LogP contribution in [0, 0.1) is 0 Å². The van der Waals surface area contributed by atoms with Gasteiger partial charge in [0.25, 0.3) is 0 Å². The maximum atomic E-state index is 12.0. The van der Waals surface area contributed by atoms with Crippen molar-refractivity contribution in [3.05, 3.63) is 75.8 Å². The van der Waals surface area contributed by atoms with Gasteiger partial charge in [0, 0.05) is 30.3 Å².